The summed E-state index contributed by atoms with van der Waals surface area (Å²) in [4.78, 5) is 2.19. The fraction of sp³-hybridized carbons (Fsp3) is 0.188. The van der Waals surface area contributed by atoms with Gasteiger partial charge in [-0.05, 0) is 77.7 Å². The van der Waals surface area contributed by atoms with Crippen LogP contribution in [-0.4, -0.2) is 20.7 Å². The lowest BCUT2D eigenvalue weighted by atomic mass is 10.0. The van der Waals surface area contributed by atoms with Gasteiger partial charge in [0.25, 0.3) is 0 Å². The fourth-order valence-electron chi connectivity index (χ4n) is 4.23. The molecule has 3 aromatic carbocycles. The van der Waals surface area contributed by atoms with E-state index < -0.39 is 0 Å². The Bertz CT molecular complexity index is 1410. The first-order valence-electron chi connectivity index (χ1n) is 12.3. The Balaban J connectivity index is 0.00000400. The zero-order valence-electron chi connectivity index (χ0n) is 21.9. The van der Waals surface area contributed by atoms with Gasteiger partial charge in [-0.2, -0.15) is 9.83 Å². The molecule has 0 radical (unpaired) electrons. The van der Waals surface area contributed by atoms with Crippen molar-refractivity contribution < 1.29 is 33.3 Å². The third-order valence-corrected chi connectivity index (χ3v) is 7.00. The predicted octanol–water partition coefficient (Wildman–Crippen LogP) is 4.53. The van der Waals surface area contributed by atoms with Crippen molar-refractivity contribution >= 4 is 33.8 Å². The van der Waals surface area contributed by atoms with E-state index in [2.05, 4.69) is 131 Å². The number of unbranched alkanes of at least 4 members (excludes halogenated alkanes) is 1. The molecule has 0 amide bonds. The number of ether oxygens (including phenoxy) is 1. The summed E-state index contributed by atoms with van der Waals surface area (Å²) in [7, 11) is 5.86. The van der Waals surface area contributed by atoms with Crippen molar-refractivity contribution in [1.82, 2.24) is 0 Å². The Morgan fingerprint density at radius 2 is 1.55 bits per heavy atom. The maximum atomic E-state index is 8.77. The highest BCUT2D eigenvalue weighted by molar-refractivity contribution is 9.10. The summed E-state index contributed by atoms with van der Waals surface area (Å²) in [5.41, 5.74) is 7.96. The van der Waals surface area contributed by atoms with Gasteiger partial charge >= 0.3 is 0 Å². The molecule has 194 valence electrons. The fourth-order valence-corrected chi connectivity index (χ4v) is 4.50. The van der Waals surface area contributed by atoms with Crippen molar-refractivity contribution in [3.8, 4) is 34.2 Å². The van der Waals surface area contributed by atoms with Gasteiger partial charge in [-0.15, -0.1) is 0 Å². The molecule has 0 bridgehead atoms. The molecule has 38 heavy (non-hydrogen) atoms. The van der Waals surface area contributed by atoms with Crippen LogP contribution in [0.15, 0.2) is 89.4 Å². The van der Waals surface area contributed by atoms with E-state index in [-0.39, 0.29) is 24.0 Å². The standard InChI is InChI=1S/C32H31BrN3O.HI/c1-35(21-5-4-20-34)29-15-6-24(7-16-29)8-17-30-22-27(25-11-18-31(37-3)19-12-25)23-32(36(30)2)26-9-13-28(33)14-10-26;/h6-19,22-23H,4-5,21H2,1-3H3;1H/q+1;/p-1. The number of pyridine rings is 1. The van der Waals surface area contributed by atoms with Crippen LogP contribution in [0.4, 0.5) is 5.69 Å². The molecule has 0 atom stereocenters. The summed E-state index contributed by atoms with van der Waals surface area (Å²) in [5, 5.41) is 8.77. The Hall–Kier alpha value is -3.15. The zero-order chi connectivity index (χ0) is 26.2. The Morgan fingerprint density at radius 1 is 0.895 bits per heavy atom. The van der Waals surface area contributed by atoms with E-state index in [0.29, 0.717) is 6.42 Å². The van der Waals surface area contributed by atoms with Crippen LogP contribution in [0.3, 0.4) is 0 Å². The van der Waals surface area contributed by atoms with Gasteiger partial charge in [0.05, 0.1) is 13.2 Å². The Kier molecular flexibility index (Phi) is 10.9. The van der Waals surface area contributed by atoms with E-state index in [4.69, 9.17) is 10.00 Å². The van der Waals surface area contributed by atoms with Crippen LogP contribution in [0, 0.1) is 11.3 Å². The van der Waals surface area contributed by atoms with Gasteiger partial charge in [0.2, 0.25) is 11.4 Å². The zero-order valence-corrected chi connectivity index (χ0v) is 25.6. The summed E-state index contributed by atoms with van der Waals surface area (Å²) >= 11 is 3.55. The van der Waals surface area contributed by atoms with Gasteiger partial charge < -0.3 is 33.6 Å². The Labute approximate surface area is 251 Å². The number of hydrogen-bond donors (Lipinski definition) is 0. The van der Waals surface area contributed by atoms with Crippen LogP contribution in [0.2, 0.25) is 0 Å². The largest absolute Gasteiger partial charge is 1.00 e. The average Bonchev–Trinajstić information content (AvgIpc) is 2.93. The molecule has 0 aliphatic rings. The maximum Gasteiger partial charge on any atom is 0.213 e. The molecule has 6 heteroatoms. The second-order valence-corrected chi connectivity index (χ2v) is 9.87. The molecule has 0 unspecified atom stereocenters. The maximum absolute atomic E-state index is 8.77. The minimum atomic E-state index is 0. The molecule has 1 aromatic heterocycles. The number of anilines is 1. The minimum absolute atomic E-state index is 0. The van der Waals surface area contributed by atoms with Crippen molar-refractivity contribution in [2.45, 2.75) is 12.8 Å². The molecule has 0 saturated carbocycles. The van der Waals surface area contributed by atoms with Crippen molar-refractivity contribution in [2.24, 2.45) is 7.05 Å². The monoisotopic (exact) mass is 679 g/mol. The van der Waals surface area contributed by atoms with Crippen molar-refractivity contribution in [3.05, 3.63) is 101 Å². The number of rotatable bonds is 9. The lowest BCUT2D eigenvalue weighted by Crippen LogP contribution is -3.00. The molecule has 4 aromatic rings. The van der Waals surface area contributed by atoms with Crippen LogP contribution in [0.1, 0.15) is 24.1 Å². The van der Waals surface area contributed by atoms with Gasteiger partial charge in [0, 0.05) is 53.9 Å². The molecule has 0 aliphatic heterocycles. The highest BCUT2D eigenvalue weighted by atomic mass is 127. The van der Waals surface area contributed by atoms with E-state index in [1.54, 1.807) is 7.11 Å². The van der Waals surface area contributed by atoms with Crippen LogP contribution < -0.4 is 38.2 Å². The molecule has 1 heterocycles. The van der Waals surface area contributed by atoms with Gasteiger partial charge in [-0.3, -0.25) is 0 Å². The molecule has 0 fully saturated rings. The predicted molar refractivity (Wildman–Crippen MR) is 156 cm³/mol. The summed E-state index contributed by atoms with van der Waals surface area (Å²) in [6.07, 6.45) is 5.77. The lowest BCUT2D eigenvalue weighted by Gasteiger charge is -2.18. The Morgan fingerprint density at radius 3 is 2.18 bits per heavy atom. The molecular formula is C32H31BrIN3O. The smallest absolute Gasteiger partial charge is 0.213 e. The van der Waals surface area contributed by atoms with Crippen molar-refractivity contribution in [2.75, 3.05) is 25.6 Å². The number of nitriles is 1. The SMILES string of the molecule is COc1ccc(-c2cc(C=Cc3ccc(N(C)CCCC#N)cc3)[n+](C)c(-c3ccc(Br)cc3)c2)cc1.[I-]. The van der Waals surface area contributed by atoms with E-state index in [1.807, 2.05) is 12.1 Å². The van der Waals surface area contributed by atoms with Crippen molar-refractivity contribution in [3.63, 3.8) is 0 Å². The first-order valence-corrected chi connectivity index (χ1v) is 13.1. The van der Waals surface area contributed by atoms with Crippen LogP contribution in [0.25, 0.3) is 34.5 Å². The molecule has 0 saturated heterocycles. The quantitative estimate of drug-likeness (QED) is 0.148. The molecule has 0 aliphatic carbocycles. The van der Waals surface area contributed by atoms with E-state index >= 15 is 0 Å². The van der Waals surface area contributed by atoms with E-state index in [9.17, 15) is 0 Å². The first kappa shape index (κ1) is 29.4. The highest BCUT2D eigenvalue weighted by Crippen LogP contribution is 2.28. The van der Waals surface area contributed by atoms with Crippen LogP contribution >= 0.6 is 15.9 Å². The summed E-state index contributed by atoms with van der Waals surface area (Å²) in [6, 6.07) is 31.8. The minimum Gasteiger partial charge on any atom is -1.00 e. The molecule has 4 nitrogen and oxygen atoms in total. The van der Waals surface area contributed by atoms with Gasteiger partial charge in [-0.1, -0.05) is 40.2 Å². The van der Waals surface area contributed by atoms with E-state index in [1.165, 1.54) is 0 Å². The third-order valence-electron chi connectivity index (χ3n) is 6.47. The topological polar surface area (TPSA) is 40.1 Å². The third kappa shape index (κ3) is 7.46. The number of aromatic nitrogens is 1. The number of hydrogen-bond acceptors (Lipinski definition) is 3. The average molecular weight is 680 g/mol. The molecule has 0 N–H and O–H groups in total. The number of methoxy groups -OCH3 is 1. The van der Waals surface area contributed by atoms with Gasteiger partial charge in [0.15, 0.2) is 0 Å². The van der Waals surface area contributed by atoms with Crippen LogP contribution in [-0.2, 0) is 7.05 Å². The molecule has 0 spiro atoms. The summed E-state index contributed by atoms with van der Waals surface area (Å²) in [5.74, 6) is 0.845. The number of halogens is 2. The summed E-state index contributed by atoms with van der Waals surface area (Å²) < 4.78 is 8.64. The lowest BCUT2D eigenvalue weighted by molar-refractivity contribution is -0.662. The first-order chi connectivity index (χ1) is 18.0. The van der Waals surface area contributed by atoms with Gasteiger partial charge in [-0.25, -0.2) is 0 Å². The highest BCUT2D eigenvalue weighted by Gasteiger charge is 2.17. The molecule has 4 rings (SSSR count). The van der Waals surface area contributed by atoms with Crippen molar-refractivity contribution in [1.29, 1.82) is 5.26 Å². The number of benzene rings is 3. The van der Waals surface area contributed by atoms with Gasteiger partial charge in [0.1, 0.15) is 12.8 Å². The summed E-state index contributed by atoms with van der Waals surface area (Å²) in [6.45, 7) is 0.871. The second-order valence-electron chi connectivity index (χ2n) is 8.96. The second kappa shape index (κ2) is 14.1. The van der Waals surface area contributed by atoms with E-state index in [0.717, 1.165) is 62.5 Å². The van der Waals surface area contributed by atoms with Crippen LogP contribution in [0.5, 0.6) is 5.75 Å². The molecular weight excluding hydrogens is 649 g/mol. The normalized spacial score (nSPS) is 10.6. The number of nitrogens with zero attached hydrogens (tertiary/aromatic N) is 3.